The summed E-state index contributed by atoms with van der Waals surface area (Å²) >= 11 is 5.86. The van der Waals surface area contributed by atoms with Crippen molar-refractivity contribution >= 4 is 29.3 Å². The number of carbonyl (C=O) groups excluding carboxylic acids is 1. The summed E-state index contributed by atoms with van der Waals surface area (Å²) < 4.78 is 13.6. The van der Waals surface area contributed by atoms with Crippen molar-refractivity contribution in [2.45, 2.75) is 25.8 Å². The number of urea groups is 1. The Morgan fingerprint density at radius 1 is 1.48 bits per heavy atom. The second-order valence-electron chi connectivity index (χ2n) is 5.13. The average molecular weight is 315 g/mol. The number of nitrogens with one attached hydrogen (secondary N) is 1. The van der Waals surface area contributed by atoms with Crippen LogP contribution in [0.5, 0.6) is 0 Å². The minimum Gasteiger partial charge on any atom is -0.481 e. The number of amides is 2. The van der Waals surface area contributed by atoms with E-state index in [9.17, 15) is 14.0 Å². The van der Waals surface area contributed by atoms with Gasteiger partial charge in [-0.25, -0.2) is 9.18 Å². The highest BCUT2D eigenvalue weighted by Crippen LogP contribution is 2.27. The summed E-state index contributed by atoms with van der Waals surface area (Å²) in [5.74, 6) is -1.90. The van der Waals surface area contributed by atoms with Crippen LogP contribution in [0.3, 0.4) is 0 Å². The molecule has 7 heteroatoms. The molecule has 114 valence electrons. The number of nitrogens with zero attached hydrogens (tertiary/aromatic N) is 1. The highest BCUT2D eigenvalue weighted by molar-refractivity contribution is 6.33. The van der Waals surface area contributed by atoms with Gasteiger partial charge in [-0.2, -0.15) is 0 Å². The second kappa shape index (κ2) is 6.30. The summed E-state index contributed by atoms with van der Waals surface area (Å²) in [6.07, 6.45) is 0.770. The molecule has 1 fully saturated rings. The Hall–Kier alpha value is -1.82. The van der Waals surface area contributed by atoms with Crippen molar-refractivity contribution in [1.29, 1.82) is 0 Å². The maximum Gasteiger partial charge on any atom is 0.322 e. The molecule has 0 radical (unpaired) electrons. The van der Waals surface area contributed by atoms with Gasteiger partial charge in [0.05, 0.1) is 16.6 Å². The van der Waals surface area contributed by atoms with Crippen molar-refractivity contribution in [3.8, 4) is 0 Å². The third-order valence-corrected chi connectivity index (χ3v) is 4.00. The first-order valence-electron chi connectivity index (χ1n) is 6.64. The molecule has 2 rings (SSSR count). The number of hydrogen-bond donors (Lipinski definition) is 2. The number of carboxylic acids is 1. The van der Waals surface area contributed by atoms with Gasteiger partial charge in [0, 0.05) is 12.6 Å². The van der Waals surface area contributed by atoms with Crippen LogP contribution in [-0.4, -0.2) is 34.6 Å². The molecular formula is C14H16ClFN2O3. The van der Waals surface area contributed by atoms with Crippen molar-refractivity contribution in [1.82, 2.24) is 4.90 Å². The number of carboxylic acid groups (broad SMARTS) is 1. The number of likely N-dealkylation sites (tertiary alicyclic amines) is 1. The van der Waals surface area contributed by atoms with E-state index in [1.54, 1.807) is 6.92 Å². The Morgan fingerprint density at radius 3 is 2.76 bits per heavy atom. The van der Waals surface area contributed by atoms with Gasteiger partial charge in [0.25, 0.3) is 0 Å². The van der Waals surface area contributed by atoms with E-state index >= 15 is 0 Å². The third-order valence-electron chi connectivity index (χ3n) is 3.68. The molecule has 0 aromatic heterocycles. The standard InChI is InChI=1S/C14H16ClFN2O3/c1-8-7-9(13(19)20)5-6-18(8)14(21)17-12-10(15)3-2-4-11(12)16/h2-4,8-9H,5-7H2,1H3,(H,17,21)(H,19,20). The first-order chi connectivity index (χ1) is 9.90. The number of benzene rings is 1. The van der Waals surface area contributed by atoms with Crippen LogP contribution in [0, 0.1) is 11.7 Å². The molecule has 0 bridgehead atoms. The monoisotopic (exact) mass is 314 g/mol. The third kappa shape index (κ3) is 3.44. The number of anilines is 1. The highest BCUT2D eigenvalue weighted by atomic mass is 35.5. The molecule has 2 N–H and O–H groups in total. The lowest BCUT2D eigenvalue weighted by molar-refractivity contribution is -0.143. The normalized spacial score (nSPS) is 22.0. The van der Waals surface area contributed by atoms with Crippen molar-refractivity contribution in [2.75, 3.05) is 11.9 Å². The van der Waals surface area contributed by atoms with Crippen LogP contribution in [0.4, 0.5) is 14.9 Å². The second-order valence-corrected chi connectivity index (χ2v) is 5.54. The SMILES string of the molecule is CC1CC(C(=O)O)CCN1C(=O)Nc1c(F)cccc1Cl. The average Bonchev–Trinajstić information content (AvgIpc) is 2.42. The molecule has 2 amide bonds. The topological polar surface area (TPSA) is 69.6 Å². The number of aliphatic carboxylic acids is 1. The van der Waals surface area contributed by atoms with E-state index in [1.807, 2.05) is 0 Å². The molecule has 0 saturated carbocycles. The summed E-state index contributed by atoms with van der Waals surface area (Å²) in [5.41, 5.74) is -0.0586. The molecule has 0 spiro atoms. The van der Waals surface area contributed by atoms with Gasteiger partial charge in [-0.15, -0.1) is 0 Å². The quantitative estimate of drug-likeness (QED) is 0.880. The largest absolute Gasteiger partial charge is 0.481 e. The molecule has 1 aliphatic heterocycles. The molecule has 1 saturated heterocycles. The lowest BCUT2D eigenvalue weighted by Crippen LogP contribution is -2.47. The molecule has 5 nitrogen and oxygen atoms in total. The highest BCUT2D eigenvalue weighted by Gasteiger charge is 2.32. The smallest absolute Gasteiger partial charge is 0.322 e. The number of carbonyl (C=O) groups is 2. The Labute approximate surface area is 126 Å². The number of halogens is 2. The Balaban J connectivity index is 2.06. The number of para-hydroxylation sites is 1. The van der Waals surface area contributed by atoms with Gasteiger partial charge in [0.1, 0.15) is 5.82 Å². The number of hydrogen-bond acceptors (Lipinski definition) is 2. The molecule has 1 heterocycles. The van der Waals surface area contributed by atoms with Crippen molar-refractivity contribution in [3.05, 3.63) is 29.0 Å². The van der Waals surface area contributed by atoms with E-state index in [2.05, 4.69) is 5.32 Å². The van der Waals surface area contributed by atoms with Gasteiger partial charge >= 0.3 is 12.0 Å². The van der Waals surface area contributed by atoms with E-state index in [0.29, 0.717) is 19.4 Å². The minimum atomic E-state index is -0.848. The van der Waals surface area contributed by atoms with Gasteiger partial charge in [-0.05, 0) is 31.9 Å². The lowest BCUT2D eigenvalue weighted by Gasteiger charge is -2.36. The van der Waals surface area contributed by atoms with E-state index in [0.717, 1.165) is 0 Å². The zero-order valence-corrected chi connectivity index (χ0v) is 12.2. The van der Waals surface area contributed by atoms with E-state index in [1.165, 1.54) is 23.1 Å². The fourth-order valence-corrected chi connectivity index (χ4v) is 2.70. The Kier molecular flexibility index (Phi) is 4.67. The first kappa shape index (κ1) is 15.6. The summed E-state index contributed by atoms with van der Waals surface area (Å²) in [4.78, 5) is 24.7. The fraction of sp³-hybridized carbons (Fsp3) is 0.429. The Bertz CT molecular complexity index is 547. The van der Waals surface area contributed by atoms with Crippen LogP contribution in [0.15, 0.2) is 18.2 Å². The summed E-state index contributed by atoms with van der Waals surface area (Å²) in [6, 6.07) is 3.44. The van der Waals surface area contributed by atoms with E-state index < -0.39 is 23.7 Å². The fourth-order valence-electron chi connectivity index (χ4n) is 2.49. The van der Waals surface area contributed by atoms with Crippen LogP contribution in [0.1, 0.15) is 19.8 Å². The van der Waals surface area contributed by atoms with Crippen molar-refractivity contribution in [3.63, 3.8) is 0 Å². The predicted molar refractivity (Wildman–Crippen MR) is 77.0 cm³/mol. The van der Waals surface area contributed by atoms with Gasteiger partial charge < -0.3 is 15.3 Å². The predicted octanol–water partition coefficient (Wildman–Crippen LogP) is 3.20. The van der Waals surface area contributed by atoms with Gasteiger partial charge in [0.15, 0.2) is 0 Å². The zero-order chi connectivity index (χ0) is 15.6. The lowest BCUT2D eigenvalue weighted by atomic mass is 9.92. The number of rotatable bonds is 2. The van der Waals surface area contributed by atoms with Crippen molar-refractivity contribution < 1.29 is 19.1 Å². The van der Waals surface area contributed by atoms with E-state index in [4.69, 9.17) is 16.7 Å². The van der Waals surface area contributed by atoms with Crippen LogP contribution < -0.4 is 5.32 Å². The van der Waals surface area contributed by atoms with E-state index in [-0.39, 0.29) is 16.8 Å². The van der Waals surface area contributed by atoms with Crippen LogP contribution in [0.2, 0.25) is 5.02 Å². The molecule has 2 atom stereocenters. The maximum atomic E-state index is 13.6. The molecule has 1 aromatic rings. The van der Waals surface area contributed by atoms with Gasteiger partial charge in [-0.3, -0.25) is 4.79 Å². The molecular weight excluding hydrogens is 299 g/mol. The number of piperidine rings is 1. The first-order valence-corrected chi connectivity index (χ1v) is 7.02. The Morgan fingerprint density at radius 2 is 2.19 bits per heavy atom. The molecule has 0 aliphatic carbocycles. The molecule has 21 heavy (non-hydrogen) atoms. The molecule has 1 aromatic carbocycles. The maximum absolute atomic E-state index is 13.6. The summed E-state index contributed by atoms with van der Waals surface area (Å²) in [6.45, 7) is 2.09. The van der Waals surface area contributed by atoms with Crippen molar-refractivity contribution in [2.24, 2.45) is 5.92 Å². The summed E-state index contributed by atoms with van der Waals surface area (Å²) in [7, 11) is 0. The molecule has 1 aliphatic rings. The van der Waals surface area contributed by atoms with Crippen LogP contribution >= 0.6 is 11.6 Å². The van der Waals surface area contributed by atoms with Crippen LogP contribution in [-0.2, 0) is 4.79 Å². The zero-order valence-electron chi connectivity index (χ0n) is 11.5. The minimum absolute atomic E-state index is 0.0586. The summed E-state index contributed by atoms with van der Waals surface area (Å²) in [5, 5.41) is 11.6. The van der Waals surface area contributed by atoms with Crippen LogP contribution in [0.25, 0.3) is 0 Å². The van der Waals surface area contributed by atoms with Gasteiger partial charge in [0.2, 0.25) is 0 Å². The van der Waals surface area contributed by atoms with Gasteiger partial charge in [-0.1, -0.05) is 17.7 Å². The molecule has 2 unspecified atom stereocenters.